The predicted molar refractivity (Wildman–Crippen MR) is 250 cm³/mol. The van der Waals surface area contributed by atoms with Crippen LogP contribution in [0, 0.1) is 0 Å². The highest BCUT2D eigenvalue weighted by Crippen LogP contribution is 2.40. The van der Waals surface area contributed by atoms with Crippen molar-refractivity contribution in [2.24, 2.45) is 0 Å². The molecule has 10 rings (SSSR count). The monoisotopic (exact) mass is 716 g/mol. The van der Waals surface area contributed by atoms with Crippen LogP contribution in [-0.4, -0.2) is 58.8 Å². The summed E-state index contributed by atoms with van der Waals surface area (Å²) in [6.45, 7) is 0. The van der Waals surface area contributed by atoms with Crippen LogP contribution in [0.25, 0.3) is 93.0 Å². The van der Waals surface area contributed by atoms with Crippen LogP contribution in [0.5, 0.6) is 0 Å². The molecule has 55 heavy (non-hydrogen) atoms. The Morgan fingerprint density at radius 3 is 1.60 bits per heavy atom. The first-order chi connectivity index (χ1) is 26.8. The van der Waals surface area contributed by atoms with Crippen LogP contribution >= 0.6 is 11.3 Å². The number of thiophene rings is 1. The molecule has 0 saturated carbocycles. The van der Waals surface area contributed by atoms with E-state index in [0.717, 1.165) is 22.5 Å². The number of hydrogen-bond donors (Lipinski definition) is 0. The Labute approximate surface area is 328 Å². The number of rotatable bonds is 5. The Morgan fingerprint density at radius 2 is 0.891 bits per heavy atom. The van der Waals surface area contributed by atoms with Crippen molar-refractivity contribution in [3.05, 3.63) is 140 Å². The molecule has 0 aliphatic heterocycles. The van der Waals surface area contributed by atoms with Gasteiger partial charge in [0, 0.05) is 53.3 Å². The summed E-state index contributed by atoms with van der Waals surface area (Å²) in [4.78, 5) is 15.4. The van der Waals surface area contributed by atoms with Gasteiger partial charge in [-0.1, -0.05) is 108 Å². The van der Waals surface area contributed by atoms with E-state index in [2.05, 4.69) is 165 Å². The molecule has 7 aromatic carbocycles. The molecular weight excluding hydrogens is 683 g/mol. The highest BCUT2D eigenvalue weighted by Gasteiger charge is 2.20. The topological polar surface area (TPSA) is 43.6 Å². The Bertz CT molecular complexity index is 3130. The summed E-state index contributed by atoms with van der Waals surface area (Å²) in [6.07, 6.45) is 0. The van der Waals surface area contributed by atoms with Crippen molar-refractivity contribution in [1.82, 2.24) is 19.5 Å². The maximum atomic E-state index is 5.20. The third-order valence-corrected chi connectivity index (χ3v) is 12.8. The van der Waals surface area contributed by atoms with E-state index >= 15 is 0 Å². The highest BCUT2D eigenvalue weighted by atomic mass is 32.1. The minimum Gasteiger partial charge on any atom is -0.309 e. The molecule has 3 aromatic heterocycles. The van der Waals surface area contributed by atoms with Crippen molar-refractivity contribution < 1.29 is 0 Å². The fourth-order valence-electron chi connectivity index (χ4n) is 8.27. The molecule has 10 aromatic rings. The second-order valence-electron chi connectivity index (χ2n) is 14.6. The first-order valence-electron chi connectivity index (χ1n) is 18.8. The zero-order valence-corrected chi connectivity index (χ0v) is 32.3. The van der Waals surface area contributed by atoms with Crippen LogP contribution < -0.4 is 27.3 Å². The number of fused-ring (bicyclic) bond motifs is 6. The van der Waals surface area contributed by atoms with E-state index in [1.54, 1.807) is 0 Å². The van der Waals surface area contributed by atoms with Gasteiger partial charge in [0.1, 0.15) is 39.2 Å². The minimum absolute atomic E-state index is 0.681. The lowest BCUT2D eigenvalue weighted by Gasteiger charge is -2.20. The first kappa shape index (κ1) is 33.5. The van der Waals surface area contributed by atoms with Crippen LogP contribution in [-0.2, 0) is 0 Å². The summed E-state index contributed by atoms with van der Waals surface area (Å²) in [7, 11) is 11.0. The standard InChI is InChI=1S/C45H33B5N4S/c46-38-37(39(47)41(49)42(50)40(38)48)45-52-43(24-9-3-1-4-10-24)51-44(53-45)27-16-19-31-30-18-15-26(22-35(30)55-36(31)23-27)25-17-20-34-32(21-25)29-13-7-8-14-33(29)54(34)28-11-5-2-6-12-28/h1-23H,46-50H2. The second kappa shape index (κ2) is 13.0. The molecule has 10 heteroatoms. The highest BCUT2D eigenvalue weighted by molar-refractivity contribution is 7.25. The molecule has 0 amide bonds. The molecule has 0 unspecified atom stereocenters. The number of aromatic nitrogens is 4. The molecule has 0 aliphatic rings. The van der Waals surface area contributed by atoms with E-state index < -0.39 is 0 Å². The van der Waals surface area contributed by atoms with Crippen molar-refractivity contribution in [2.75, 3.05) is 0 Å². The average Bonchev–Trinajstić information content (AvgIpc) is 3.77. The minimum atomic E-state index is 0.681. The van der Waals surface area contributed by atoms with Gasteiger partial charge in [-0.15, -0.1) is 27.7 Å². The van der Waals surface area contributed by atoms with Gasteiger partial charge in [0.2, 0.25) is 0 Å². The largest absolute Gasteiger partial charge is 0.309 e. The Kier molecular flexibility index (Phi) is 7.93. The number of benzene rings is 7. The zero-order valence-electron chi connectivity index (χ0n) is 31.5. The maximum Gasteiger partial charge on any atom is 0.164 e. The lowest BCUT2D eigenvalue weighted by molar-refractivity contribution is 1.08. The van der Waals surface area contributed by atoms with E-state index in [9.17, 15) is 0 Å². The third-order valence-electron chi connectivity index (χ3n) is 11.6. The zero-order chi connectivity index (χ0) is 37.4. The Morgan fingerprint density at radius 1 is 0.382 bits per heavy atom. The quantitative estimate of drug-likeness (QED) is 0.257. The van der Waals surface area contributed by atoms with Crippen molar-refractivity contribution >= 4 is 120 Å². The summed E-state index contributed by atoms with van der Waals surface area (Å²) in [5, 5.41) is 5.01. The number of nitrogens with zero attached hydrogens (tertiary/aromatic N) is 4. The van der Waals surface area contributed by atoms with Gasteiger partial charge in [0.05, 0.1) is 11.0 Å². The second-order valence-corrected chi connectivity index (χ2v) is 15.7. The average molecular weight is 716 g/mol. The smallest absolute Gasteiger partial charge is 0.164 e. The van der Waals surface area contributed by atoms with Gasteiger partial charge in [-0.3, -0.25) is 0 Å². The van der Waals surface area contributed by atoms with E-state index in [-0.39, 0.29) is 0 Å². The van der Waals surface area contributed by atoms with Crippen LogP contribution in [0.1, 0.15) is 0 Å². The molecule has 0 atom stereocenters. The SMILES string of the molecule is Bc1c(B)c(B)c(-c2nc(-c3ccccc3)nc(-c3ccc4c(c3)sc3cc(-c5ccc6c(c5)c5ccccc5n6-c5ccccc5)ccc34)n2)c(B)c1B. The molecule has 4 nitrogen and oxygen atoms in total. The summed E-state index contributed by atoms with van der Waals surface area (Å²) in [5.41, 5.74) is 15.4. The van der Waals surface area contributed by atoms with E-state index in [0.29, 0.717) is 11.6 Å². The predicted octanol–water partition coefficient (Wildman–Crippen LogP) is 3.30. The molecule has 0 saturated heterocycles. The van der Waals surface area contributed by atoms with Crippen LogP contribution in [0.2, 0.25) is 0 Å². The summed E-state index contributed by atoms with van der Waals surface area (Å²) >= 11 is 1.82. The van der Waals surface area contributed by atoms with Gasteiger partial charge in [0.25, 0.3) is 0 Å². The summed E-state index contributed by atoms with van der Waals surface area (Å²) < 4.78 is 4.84. The number of para-hydroxylation sites is 2. The summed E-state index contributed by atoms with van der Waals surface area (Å²) in [6, 6.07) is 50.0. The van der Waals surface area contributed by atoms with E-state index in [1.165, 1.54) is 86.1 Å². The molecule has 0 aliphatic carbocycles. The van der Waals surface area contributed by atoms with Gasteiger partial charge in [-0.25, -0.2) is 15.0 Å². The molecule has 0 N–H and O–H groups in total. The van der Waals surface area contributed by atoms with Crippen LogP contribution in [0.4, 0.5) is 0 Å². The van der Waals surface area contributed by atoms with Gasteiger partial charge >= 0.3 is 0 Å². The molecule has 3 heterocycles. The normalized spacial score (nSPS) is 11.6. The number of hydrogen-bond acceptors (Lipinski definition) is 4. The lowest BCUT2D eigenvalue weighted by Crippen LogP contribution is -2.55. The lowest BCUT2D eigenvalue weighted by atomic mass is 9.60. The molecule has 0 spiro atoms. The molecule has 254 valence electrons. The van der Waals surface area contributed by atoms with Crippen LogP contribution in [0.15, 0.2) is 140 Å². The fourth-order valence-corrected chi connectivity index (χ4v) is 9.46. The van der Waals surface area contributed by atoms with Gasteiger partial charge < -0.3 is 4.57 Å². The third kappa shape index (κ3) is 5.46. The van der Waals surface area contributed by atoms with E-state index in [1.807, 2.05) is 29.5 Å². The van der Waals surface area contributed by atoms with Crippen molar-refractivity contribution in [3.8, 4) is 51.0 Å². The van der Waals surface area contributed by atoms with Gasteiger partial charge in [-0.05, 0) is 53.6 Å². The molecule has 0 bridgehead atoms. The van der Waals surface area contributed by atoms with Gasteiger partial charge in [0.15, 0.2) is 17.5 Å². The van der Waals surface area contributed by atoms with E-state index in [4.69, 9.17) is 15.0 Å². The van der Waals surface area contributed by atoms with Crippen LogP contribution in [0.3, 0.4) is 0 Å². The van der Waals surface area contributed by atoms with Gasteiger partial charge in [-0.2, -0.15) is 0 Å². The Hall–Kier alpha value is -6.11. The fraction of sp³-hybridized carbons (Fsp3) is 0. The summed E-state index contributed by atoms with van der Waals surface area (Å²) in [5.74, 6) is 2.08. The molecular formula is C45H33B5N4S. The van der Waals surface area contributed by atoms with Crippen molar-refractivity contribution in [2.45, 2.75) is 0 Å². The maximum absolute atomic E-state index is 5.20. The van der Waals surface area contributed by atoms with Crippen molar-refractivity contribution in [1.29, 1.82) is 0 Å². The molecule has 0 radical (unpaired) electrons. The first-order valence-corrected chi connectivity index (χ1v) is 19.6. The van der Waals surface area contributed by atoms with Crippen molar-refractivity contribution in [3.63, 3.8) is 0 Å². The Balaban J connectivity index is 1.09. The molecule has 0 fully saturated rings.